The number of nitrogens with zero attached hydrogens (tertiary/aromatic N) is 1. The number of amides is 1. The van der Waals surface area contributed by atoms with E-state index in [0.29, 0.717) is 26.3 Å². The Labute approximate surface area is 135 Å². The van der Waals surface area contributed by atoms with Gasteiger partial charge >= 0.3 is 0 Å². The van der Waals surface area contributed by atoms with Gasteiger partial charge in [0.15, 0.2) is 0 Å². The molecule has 1 amide bonds. The first kappa shape index (κ1) is 15.5. The Morgan fingerprint density at radius 3 is 2.22 bits per heavy atom. The highest BCUT2D eigenvalue weighted by Gasteiger charge is 2.27. The fourth-order valence-electron chi connectivity index (χ4n) is 2.73. The summed E-state index contributed by atoms with van der Waals surface area (Å²) in [6.45, 7) is 2.66. The van der Waals surface area contributed by atoms with Crippen molar-refractivity contribution >= 4 is 5.91 Å². The van der Waals surface area contributed by atoms with E-state index in [9.17, 15) is 4.79 Å². The lowest BCUT2D eigenvalue weighted by molar-refractivity contribution is -0.125. The normalized spacial score (nSPS) is 16.7. The van der Waals surface area contributed by atoms with Gasteiger partial charge in [-0.3, -0.25) is 9.69 Å². The third-order valence-electron chi connectivity index (χ3n) is 3.86. The molecule has 0 bridgehead atoms. The molecular formula is C18H20N2O3. The summed E-state index contributed by atoms with van der Waals surface area (Å²) in [7, 11) is 0. The average molecular weight is 312 g/mol. The van der Waals surface area contributed by atoms with Crippen LogP contribution in [-0.4, -0.2) is 37.1 Å². The summed E-state index contributed by atoms with van der Waals surface area (Å²) >= 11 is 0. The minimum absolute atomic E-state index is 0.344. The van der Waals surface area contributed by atoms with Crippen LogP contribution >= 0.6 is 0 Å². The Balaban J connectivity index is 1.75. The first-order valence-corrected chi connectivity index (χ1v) is 7.68. The van der Waals surface area contributed by atoms with Gasteiger partial charge in [-0.2, -0.15) is 0 Å². The van der Waals surface area contributed by atoms with Crippen molar-refractivity contribution in [1.29, 1.82) is 0 Å². The Kier molecular flexibility index (Phi) is 4.90. The molecule has 0 radical (unpaired) electrons. The van der Waals surface area contributed by atoms with Crippen LogP contribution in [0.5, 0.6) is 11.5 Å². The molecule has 2 N–H and O–H groups in total. The van der Waals surface area contributed by atoms with E-state index in [1.54, 1.807) is 0 Å². The van der Waals surface area contributed by atoms with E-state index in [-0.39, 0.29) is 5.91 Å². The second-order valence-corrected chi connectivity index (χ2v) is 5.44. The number of benzene rings is 2. The SMILES string of the molecule is NC(=O)C(c1ccc(Oc2ccccc2)cc1)N1CCOCC1. The number of hydrogen-bond donors (Lipinski definition) is 1. The van der Waals surface area contributed by atoms with Gasteiger partial charge in [0.25, 0.3) is 0 Å². The Bertz CT molecular complexity index is 637. The standard InChI is InChI=1S/C18H20N2O3/c19-18(21)17(20-10-12-22-13-11-20)14-6-8-16(9-7-14)23-15-4-2-1-3-5-15/h1-9,17H,10-13H2,(H2,19,21). The molecule has 5 nitrogen and oxygen atoms in total. The number of nitrogens with two attached hydrogens (primary N) is 1. The summed E-state index contributed by atoms with van der Waals surface area (Å²) in [6, 6.07) is 16.7. The van der Waals surface area contributed by atoms with Crippen molar-refractivity contribution in [2.75, 3.05) is 26.3 Å². The van der Waals surface area contributed by atoms with E-state index in [0.717, 1.165) is 17.1 Å². The molecule has 1 atom stereocenters. The first-order chi connectivity index (χ1) is 11.2. The minimum Gasteiger partial charge on any atom is -0.457 e. The van der Waals surface area contributed by atoms with Crippen LogP contribution in [0.15, 0.2) is 54.6 Å². The number of carbonyl (C=O) groups excluding carboxylic acids is 1. The lowest BCUT2D eigenvalue weighted by atomic mass is 10.0. The second kappa shape index (κ2) is 7.26. The fraction of sp³-hybridized carbons (Fsp3) is 0.278. The van der Waals surface area contributed by atoms with Gasteiger partial charge in [-0.05, 0) is 29.8 Å². The van der Waals surface area contributed by atoms with Gasteiger partial charge in [0, 0.05) is 13.1 Å². The average Bonchev–Trinajstić information content (AvgIpc) is 2.58. The maximum Gasteiger partial charge on any atom is 0.239 e. The van der Waals surface area contributed by atoms with E-state index in [1.165, 1.54) is 0 Å². The summed E-state index contributed by atoms with van der Waals surface area (Å²) < 4.78 is 11.1. The van der Waals surface area contributed by atoms with Gasteiger partial charge in [0.1, 0.15) is 17.5 Å². The molecule has 3 rings (SSSR count). The van der Waals surface area contributed by atoms with Crippen LogP contribution in [-0.2, 0) is 9.53 Å². The van der Waals surface area contributed by atoms with Crippen molar-refractivity contribution in [3.05, 3.63) is 60.2 Å². The largest absolute Gasteiger partial charge is 0.457 e. The van der Waals surface area contributed by atoms with Crippen LogP contribution in [0.3, 0.4) is 0 Å². The van der Waals surface area contributed by atoms with E-state index in [2.05, 4.69) is 4.90 Å². The van der Waals surface area contributed by atoms with Crippen LogP contribution in [0.2, 0.25) is 0 Å². The number of morpholine rings is 1. The van der Waals surface area contributed by atoms with E-state index < -0.39 is 6.04 Å². The van der Waals surface area contributed by atoms with E-state index >= 15 is 0 Å². The molecule has 1 saturated heterocycles. The monoisotopic (exact) mass is 312 g/mol. The first-order valence-electron chi connectivity index (χ1n) is 7.68. The molecule has 0 aliphatic carbocycles. The Hall–Kier alpha value is -2.37. The third-order valence-corrected chi connectivity index (χ3v) is 3.86. The molecule has 120 valence electrons. The molecule has 5 heteroatoms. The van der Waals surface area contributed by atoms with E-state index in [4.69, 9.17) is 15.2 Å². The van der Waals surface area contributed by atoms with Gasteiger partial charge in [-0.25, -0.2) is 0 Å². The summed E-state index contributed by atoms with van der Waals surface area (Å²) in [4.78, 5) is 13.9. The van der Waals surface area contributed by atoms with Crippen LogP contribution in [0.25, 0.3) is 0 Å². The van der Waals surface area contributed by atoms with Gasteiger partial charge in [0.05, 0.1) is 13.2 Å². The Morgan fingerprint density at radius 1 is 1.00 bits per heavy atom. The zero-order valence-corrected chi connectivity index (χ0v) is 12.9. The number of carbonyl (C=O) groups is 1. The maximum absolute atomic E-state index is 11.9. The van der Waals surface area contributed by atoms with Crippen molar-refractivity contribution in [2.45, 2.75) is 6.04 Å². The van der Waals surface area contributed by atoms with Crippen LogP contribution in [0, 0.1) is 0 Å². The van der Waals surface area contributed by atoms with Gasteiger partial charge in [-0.15, -0.1) is 0 Å². The molecule has 1 fully saturated rings. The Morgan fingerprint density at radius 2 is 1.61 bits per heavy atom. The smallest absolute Gasteiger partial charge is 0.239 e. The predicted molar refractivity (Wildman–Crippen MR) is 87.3 cm³/mol. The van der Waals surface area contributed by atoms with E-state index in [1.807, 2.05) is 54.6 Å². The van der Waals surface area contributed by atoms with Crippen LogP contribution in [0.1, 0.15) is 11.6 Å². The molecule has 1 heterocycles. The number of para-hydroxylation sites is 1. The van der Waals surface area contributed by atoms with Crippen LogP contribution < -0.4 is 10.5 Å². The number of primary amides is 1. The van der Waals surface area contributed by atoms with Crippen molar-refractivity contribution in [1.82, 2.24) is 4.90 Å². The molecule has 1 unspecified atom stereocenters. The highest BCUT2D eigenvalue weighted by Crippen LogP contribution is 2.26. The van der Waals surface area contributed by atoms with Crippen molar-refractivity contribution in [2.24, 2.45) is 5.73 Å². The van der Waals surface area contributed by atoms with Gasteiger partial charge in [-0.1, -0.05) is 30.3 Å². The predicted octanol–water partition coefficient (Wildman–Crippen LogP) is 2.34. The molecular weight excluding hydrogens is 292 g/mol. The van der Waals surface area contributed by atoms with Crippen molar-refractivity contribution < 1.29 is 14.3 Å². The summed E-state index contributed by atoms with van der Waals surface area (Å²) in [6.07, 6.45) is 0. The topological polar surface area (TPSA) is 64.8 Å². The number of ether oxygens (including phenoxy) is 2. The minimum atomic E-state index is -0.426. The molecule has 2 aromatic rings. The summed E-state index contributed by atoms with van der Waals surface area (Å²) in [5, 5.41) is 0. The van der Waals surface area contributed by atoms with Crippen LogP contribution in [0.4, 0.5) is 0 Å². The second-order valence-electron chi connectivity index (χ2n) is 5.44. The molecule has 23 heavy (non-hydrogen) atoms. The molecule has 0 spiro atoms. The summed E-state index contributed by atoms with van der Waals surface area (Å²) in [5.41, 5.74) is 6.48. The molecule has 1 aliphatic rings. The molecule has 1 aliphatic heterocycles. The zero-order valence-electron chi connectivity index (χ0n) is 12.9. The third kappa shape index (κ3) is 3.88. The highest BCUT2D eigenvalue weighted by molar-refractivity contribution is 5.81. The number of hydrogen-bond acceptors (Lipinski definition) is 4. The summed E-state index contributed by atoms with van der Waals surface area (Å²) in [5.74, 6) is 1.16. The quantitative estimate of drug-likeness (QED) is 0.920. The lowest BCUT2D eigenvalue weighted by Crippen LogP contribution is -2.44. The van der Waals surface area contributed by atoms with Gasteiger partial charge < -0.3 is 15.2 Å². The fourth-order valence-corrected chi connectivity index (χ4v) is 2.73. The molecule has 0 aromatic heterocycles. The number of rotatable bonds is 5. The molecule has 2 aromatic carbocycles. The lowest BCUT2D eigenvalue weighted by Gasteiger charge is -2.32. The van der Waals surface area contributed by atoms with Crippen molar-refractivity contribution in [3.63, 3.8) is 0 Å². The maximum atomic E-state index is 11.9. The van der Waals surface area contributed by atoms with Gasteiger partial charge in [0.2, 0.25) is 5.91 Å². The highest BCUT2D eigenvalue weighted by atomic mass is 16.5. The molecule has 0 saturated carbocycles. The van der Waals surface area contributed by atoms with Crippen molar-refractivity contribution in [3.8, 4) is 11.5 Å². The zero-order chi connectivity index (χ0) is 16.1.